The SMILES string of the molecule is NCC1COc2ccc3ccccc3c2N1. The van der Waals surface area contributed by atoms with Crippen molar-refractivity contribution in [2.24, 2.45) is 5.73 Å². The number of hydrogen-bond donors (Lipinski definition) is 2. The predicted octanol–water partition coefficient (Wildman–Crippen LogP) is 1.97. The van der Waals surface area contributed by atoms with Crippen molar-refractivity contribution in [3.63, 3.8) is 0 Å². The Morgan fingerprint density at radius 3 is 3.00 bits per heavy atom. The lowest BCUT2D eigenvalue weighted by Crippen LogP contribution is -2.37. The molecule has 82 valence electrons. The number of rotatable bonds is 1. The van der Waals surface area contributed by atoms with Crippen LogP contribution in [0.25, 0.3) is 10.8 Å². The first-order chi connectivity index (χ1) is 7.88. The average molecular weight is 214 g/mol. The second-order valence-electron chi connectivity index (χ2n) is 4.05. The quantitative estimate of drug-likeness (QED) is 0.763. The first-order valence-electron chi connectivity index (χ1n) is 5.49. The topological polar surface area (TPSA) is 47.3 Å². The lowest BCUT2D eigenvalue weighted by atomic mass is 10.1. The third kappa shape index (κ3) is 1.41. The highest BCUT2D eigenvalue weighted by atomic mass is 16.5. The average Bonchev–Trinajstić information content (AvgIpc) is 2.38. The van der Waals surface area contributed by atoms with Gasteiger partial charge in [-0.05, 0) is 11.5 Å². The lowest BCUT2D eigenvalue weighted by Gasteiger charge is -2.27. The molecule has 2 aromatic carbocycles. The predicted molar refractivity (Wildman–Crippen MR) is 65.9 cm³/mol. The number of nitrogens with two attached hydrogens (primary N) is 1. The zero-order valence-corrected chi connectivity index (χ0v) is 8.94. The van der Waals surface area contributed by atoms with E-state index in [2.05, 4.69) is 23.5 Å². The molecule has 2 aromatic rings. The van der Waals surface area contributed by atoms with Gasteiger partial charge in [0.15, 0.2) is 0 Å². The van der Waals surface area contributed by atoms with Gasteiger partial charge in [-0.15, -0.1) is 0 Å². The van der Waals surface area contributed by atoms with Crippen LogP contribution in [0, 0.1) is 0 Å². The first kappa shape index (κ1) is 9.48. The molecule has 0 aromatic heterocycles. The van der Waals surface area contributed by atoms with E-state index in [0.717, 1.165) is 11.4 Å². The Bertz CT molecular complexity index is 524. The normalized spacial score (nSPS) is 18.7. The molecule has 1 unspecified atom stereocenters. The summed E-state index contributed by atoms with van der Waals surface area (Å²) in [4.78, 5) is 0. The number of nitrogens with one attached hydrogen (secondary N) is 1. The van der Waals surface area contributed by atoms with Crippen molar-refractivity contribution in [3.8, 4) is 5.75 Å². The largest absolute Gasteiger partial charge is 0.489 e. The Balaban J connectivity index is 2.17. The number of hydrogen-bond acceptors (Lipinski definition) is 3. The summed E-state index contributed by atoms with van der Waals surface area (Å²) in [7, 11) is 0. The van der Waals surface area contributed by atoms with Gasteiger partial charge in [-0.25, -0.2) is 0 Å². The molecule has 1 aliphatic heterocycles. The number of benzene rings is 2. The summed E-state index contributed by atoms with van der Waals surface area (Å²) < 4.78 is 5.69. The highest BCUT2D eigenvalue weighted by molar-refractivity contribution is 5.97. The molecule has 0 fully saturated rings. The third-order valence-electron chi connectivity index (χ3n) is 2.96. The molecule has 1 aliphatic rings. The lowest BCUT2D eigenvalue weighted by molar-refractivity contribution is 0.287. The van der Waals surface area contributed by atoms with E-state index >= 15 is 0 Å². The number of anilines is 1. The van der Waals surface area contributed by atoms with Gasteiger partial charge in [-0.2, -0.15) is 0 Å². The standard InChI is InChI=1S/C13H14N2O/c14-7-10-8-16-12-6-5-9-3-1-2-4-11(9)13(12)15-10/h1-6,10,15H,7-8,14H2. The van der Waals surface area contributed by atoms with Crippen LogP contribution >= 0.6 is 0 Å². The molecule has 3 rings (SSSR count). The highest BCUT2D eigenvalue weighted by Crippen LogP contribution is 2.35. The van der Waals surface area contributed by atoms with E-state index in [-0.39, 0.29) is 6.04 Å². The summed E-state index contributed by atoms with van der Waals surface area (Å²) >= 11 is 0. The van der Waals surface area contributed by atoms with E-state index in [0.29, 0.717) is 13.2 Å². The molecule has 0 amide bonds. The Morgan fingerprint density at radius 1 is 1.25 bits per heavy atom. The van der Waals surface area contributed by atoms with E-state index in [1.165, 1.54) is 10.8 Å². The van der Waals surface area contributed by atoms with Gasteiger partial charge in [0.25, 0.3) is 0 Å². The fourth-order valence-electron chi connectivity index (χ4n) is 2.08. The van der Waals surface area contributed by atoms with Crippen molar-refractivity contribution in [2.75, 3.05) is 18.5 Å². The summed E-state index contributed by atoms with van der Waals surface area (Å²) in [6.07, 6.45) is 0. The fourth-order valence-corrected chi connectivity index (χ4v) is 2.08. The maximum absolute atomic E-state index is 5.69. The van der Waals surface area contributed by atoms with Crippen LogP contribution in [0.1, 0.15) is 0 Å². The van der Waals surface area contributed by atoms with Crippen LogP contribution in [0.5, 0.6) is 5.75 Å². The maximum Gasteiger partial charge on any atom is 0.143 e. The van der Waals surface area contributed by atoms with E-state index in [9.17, 15) is 0 Å². The molecule has 3 N–H and O–H groups in total. The Morgan fingerprint density at radius 2 is 2.12 bits per heavy atom. The molecule has 1 atom stereocenters. The minimum Gasteiger partial charge on any atom is -0.489 e. The maximum atomic E-state index is 5.69. The zero-order valence-electron chi connectivity index (χ0n) is 8.94. The third-order valence-corrected chi connectivity index (χ3v) is 2.96. The molecule has 3 nitrogen and oxygen atoms in total. The van der Waals surface area contributed by atoms with Crippen LogP contribution in [-0.4, -0.2) is 19.2 Å². The van der Waals surface area contributed by atoms with Crippen molar-refractivity contribution < 1.29 is 4.74 Å². The van der Waals surface area contributed by atoms with Gasteiger partial charge in [-0.1, -0.05) is 30.3 Å². The molecule has 0 radical (unpaired) electrons. The Kier molecular flexibility index (Phi) is 2.18. The summed E-state index contributed by atoms with van der Waals surface area (Å²) in [5.74, 6) is 0.920. The first-order valence-corrected chi connectivity index (χ1v) is 5.49. The highest BCUT2D eigenvalue weighted by Gasteiger charge is 2.19. The molecule has 16 heavy (non-hydrogen) atoms. The molecule has 0 bridgehead atoms. The van der Waals surface area contributed by atoms with Crippen LogP contribution in [0.3, 0.4) is 0 Å². The molecule has 0 aliphatic carbocycles. The van der Waals surface area contributed by atoms with E-state index in [1.807, 2.05) is 18.2 Å². The minimum absolute atomic E-state index is 0.207. The molecule has 0 saturated heterocycles. The van der Waals surface area contributed by atoms with Gasteiger partial charge in [0, 0.05) is 11.9 Å². The van der Waals surface area contributed by atoms with Gasteiger partial charge in [0.05, 0.1) is 11.7 Å². The minimum atomic E-state index is 0.207. The molecular weight excluding hydrogens is 200 g/mol. The van der Waals surface area contributed by atoms with Crippen LogP contribution < -0.4 is 15.8 Å². The second kappa shape index (κ2) is 3.68. The Hall–Kier alpha value is -1.74. The monoisotopic (exact) mass is 214 g/mol. The van der Waals surface area contributed by atoms with E-state index < -0.39 is 0 Å². The van der Waals surface area contributed by atoms with Crippen LogP contribution in [0.4, 0.5) is 5.69 Å². The fraction of sp³-hybridized carbons (Fsp3) is 0.231. The van der Waals surface area contributed by atoms with Crippen LogP contribution in [0.15, 0.2) is 36.4 Å². The number of fused-ring (bicyclic) bond motifs is 3. The van der Waals surface area contributed by atoms with Gasteiger partial charge in [-0.3, -0.25) is 0 Å². The van der Waals surface area contributed by atoms with Crippen LogP contribution in [-0.2, 0) is 0 Å². The molecule has 3 heteroatoms. The van der Waals surface area contributed by atoms with Crippen molar-refractivity contribution in [2.45, 2.75) is 6.04 Å². The second-order valence-corrected chi connectivity index (χ2v) is 4.05. The van der Waals surface area contributed by atoms with Gasteiger partial charge < -0.3 is 15.8 Å². The van der Waals surface area contributed by atoms with Crippen molar-refractivity contribution in [3.05, 3.63) is 36.4 Å². The molecular formula is C13H14N2O. The van der Waals surface area contributed by atoms with Crippen LogP contribution in [0.2, 0.25) is 0 Å². The molecule has 0 saturated carbocycles. The summed E-state index contributed by atoms with van der Waals surface area (Å²) in [6, 6.07) is 12.6. The summed E-state index contributed by atoms with van der Waals surface area (Å²) in [5, 5.41) is 5.85. The van der Waals surface area contributed by atoms with Crippen molar-refractivity contribution in [1.82, 2.24) is 0 Å². The molecule has 0 spiro atoms. The molecule has 1 heterocycles. The van der Waals surface area contributed by atoms with E-state index in [4.69, 9.17) is 10.5 Å². The van der Waals surface area contributed by atoms with Gasteiger partial charge in [0.1, 0.15) is 12.4 Å². The van der Waals surface area contributed by atoms with Gasteiger partial charge >= 0.3 is 0 Å². The van der Waals surface area contributed by atoms with Gasteiger partial charge in [0.2, 0.25) is 0 Å². The van der Waals surface area contributed by atoms with Crippen molar-refractivity contribution in [1.29, 1.82) is 0 Å². The summed E-state index contributed by atoms with van der Waals surface area (Å²) in [5.41, 5.74) is 6.73. The smallest absolute Gasteiger partial charge is 0.143 e. The Labute approximate surface area is 94.2 Å². The van der Waals surface area contributed by atoms with Crippen molar-refractivity contribution >= 4 is 16.5 Å². The number of ether oxygens (including phenoxy) is 1. The zero-order chi connectivity index (χ0) is 11.0. The van der Waals surface area contributed by atoms with E-state index in [1.54, 1.807) is 0 Å². The summed E-state index contributed by atoms with van der Waals surface area (Å²) in [6.45, 7) is 1.23.